The van der Waals surface area contributed by atoms with Crippen molar-refractivity contribution in [3.8, 4) is 11.5 Å². The zero-order valence-corrected chi connectivity index (χ0v) is 19.1. The van der Waals surface area contributed by atoms with E-state index in [0.29, 0.717) is 5.56 Å². The van der Waals surface area contributed by atoms with Crippen LogP contribution in [0.2, 0.25) is 0 Å². The Kier molecular flexibility index (Phi) is 7.32. The summed E-state index contributed by atoms with van der Waals surface area (Å²) in [5.74, 6) is 0.376. The van der Waals surface area contributed by atoms with Gasteiger partial charge in [-0.05, 0) is 64.0 Å². The second-order valence-electron chi connectivity index (χ2n) is 9.11. The molecule has 1 heterocycles. The first kappa shape index (κ1) is 22.5. The monoisotopic (exact) mass is 414 g/mol. The standard InChI is InChI=1S/C25H38N2O3/c1-5-6-7-11-20-16-21(28)23(19-12-8-10-17(2)15-19)24(29)22(20)18(3)26(4)25(30)27-13-9-14-27/h15-16,18-19,28-29H,5-14H2,1-4H3. The highest BCUT2D eigenvalue weighted by Crippen LogP contribution is 2.46. The molecule has 0 spiro atoms. The molecule has 1 aromatic carbocycles. The van der Waals surface area contributed by atoms with Gasteiger partial charge in [-0.1, -0.05) is 31.4 Å². The first-order valence-electron chi connectivity index (χ1n) is 11.6. The maximum Gasteiger partial charge on any atom is 0.320 e. The molecule has 2 N–H and O–H groups in total. The summed E-state index contributed by atoms with van der Waals surface area (Å²) in [6.45, 7) is 7.87. The predicted molar refractivity (Wildman–Crippen MR) is 121 cm³/mol. The Hall–Kier alpha value is -2.17. The van der Waals surface area contributed by atoms with Crippen LogP contribution >= 0.6 is 0 Å². The Morgan fingerprint density at radius 3 is 2.60 bits per heavy atom. The Balaban J connectivity index is 2.01. The second kappa shape index (κ2) is 9.76. The van der Waals surface area contributed by atoms with Crippen LogP contribution in [0.5, 0.6) is 11.5 Å². The molecular formula is C25H38N2O3. The lowest BCUT2D eigenvalue weighted by Crippen LogP contribution is -2.49. The Morgan fingerprint density at radius 1 is 1.27 bits per heavy atom. The third-order valence-electron chi connectivity index (χ3n) is 6.86. The van der Waals surface area contributed by atoms with Gasteiger partial charge in [-0.2, -0.15) is 0 Å². The van der Waals surface area contributed by atoms with Crippen LogP contribution in [0.4, 0.5) is 4.79 Å². The maximum atomic E-state index is 12.8. The van der Waals surface area contributed by atoms with Gasteiger partial charge in [0.2, 0.25) is 0 Å². The molecule has 2 amide bonds. The molecule has 1 aliphatic heterocycles. The molecule has 0 bridgehead atoms. The van der Waals surface area contributed by atoms with E-state index in [4.69, 9.17) is 0 Å². The van der Waals surface area contributed by atoms with Crippen LogP contribution in [0.3, 0.4) is 0 Å². The third kappa shape index (κ3) is 4.60. The fourth-order valence-electron chi connectivity index (χ4n) is 4.77. The molecule has 2 atom stereocenters. The van der Waals surface area contributed by atoms with Crippen molar-refractivity contribution in [2.24, 2.45) is 0 Å². The number of benzene rings is 1. The van der Waals surface area contributed by atoms with Crippen molar-refractivity contribution in [2.45, 2.75) is 84.1 Å². The van der Waals surface area contributed by atoms with Gasteiger partial charge in [0.05, 0.1) is 6.04 Å². The molecule has 166 valence electrons. The fourth-order valence-corrected chi connectivity index (χ4v) is 4.77. The van der Waals surface area contributed by atoms with E-state index in [0.717, 1.165) is 75.6 Å². The van der Waals surface area contributed by atoms with Crippen LogP contribution in [0.15, 0.2) is 17.7 Å². The van der Waals surface area contributed by atoms with E-state index in [1.807, 2.05) is 24.9 Å². The lowest BCUT2D eigenvalue weighted by Gasteiger charge is -2.38. The Labute approximate surface area is 181 Å². The quantitative estimate of drug-likeness (QED) is 0.434. The SMILES string of the molecule is CCCCCc1cc(O)c(C2C=C(C)CCC2)c(O)c1C(C)N(C)C(=O)N1CCC1. The van der Waals surface area contributed by atoms with Crippen molar-refractivity contribution in [2.75, 3.05) is 20.1 Å². The maximum absolute atomic E-state index is 12.8. The van der Waals surface area contributed by atoms with E-state index in [1.54, 1.807) is 4.90 Å². The summed E-state index contributed by atoms with van der Waals surface area (Å²) in [6.07, 6.45) is 10.3. The predicted octanol–water partition coefficient (Wildman–Crippen LogP) is 5.86. The summed E-state index contributed by atoms with van der Waals surface area (Å²) in [5, 5.41) is 22.3. The van der Waals surface area contributed by atoms with Gasteiger partial charge in [-0.15, -0.1) is 0 Å². The van der Waals surface area contributed by atoms with Crippen LogP contribution in [0, 0.1) is 0 Å². The van der Waals surface area contributed by atoms with E-state index < -0.39 is 0 Å². The van der Waals surface area contributed by atoms with Gasteiger partial charge in [-0.3, -0.25) is 0 Å². The zero-order chi connectivity index (χ0) is 21.8. The van der Waals surface area contributed by atoms with Crippen molar-refractivity contribution in [3.63, 3.8) is 0 Å². The minimum absolute atomic E-state index is 0.00990. The number of rotatable bonds is 7. The van der Waals surface area contributed by atoms with E-state index in [-0.39, 0.29) is 29.5 Å². The number of hydrogen-bond acceptors (Lipinski definition) is 3. The summed E-state index contributed by atoms with van der Waals surface area (Å²) in [7, 11) is 1.82. The third-order valence-corrected chi connectivity index (χ3v) is 6.86. The number of allylic oxidation sites excluding steroid dienone is 2. The minimum Gasteiger partial charge on any atom is -0.507 e. The van der Waals surface area contributed by atoms with E-state index in [1.165, 1.54) is 5.57 Å². The smallest absolute Gasteiger partial charge is 0.320 e. The molecule has 3 rings (SSSR count). The van der Waals surface area contributed by atoms with Crippen LogP contribution in [0.25, 0.3) is 0 Å². The summed E-state index contributed by atoms with van der Waals surface area (Å²) in [5.41, 5.74) is 3.68. The summed E-state index contributed by atoms with van der Waals surface area (Å²) < 4.78 is 0. The largest absolute Gasteiger partial charge is 0.507 e. The lowest BCUT2D eigenvalue weighted by atomic mass is 9.82. The molecule has 2 aliphatic rings. The van der Waals surface area contributed by atoms with Gasteiger partial charge >= 0.3 is 6.03 Å². The molecule has 1 fully saturated rings. The molecule has 1 saturated heterocycles. The topological polar surface area (TPSA) is 64.0 Å². The van der Waals surface area contributed by atoms with E-state index in [2.05, 4.69) is 19.9 Å². The number of aromatic hydroxyl groups is 2. The molecular weight excluding hydrogens is 376 g/mol. The zero-order valence-electron chi connectivity index (χ0n) is 19.1. The van der Waals surface area contributed by atoms with Gasteiger partial charge in [0.25, 0.3) is 0 Å². The van der Waals surface area contributed by atoms with Crippen molar-refractivity contribution < 1.29 is 15.0 Å². The highest BCUT2D eigenvalue weighted by Gasteiger charge is 2.32. The van der Waals surface area contributed by atoms with Crippen molar-refractivity contribution in [1.29, 1.82) is 0 Å². The van der Waals surface area contributed by atoms with Crippen LogP contribution in [0.1, 0.15) is 94.4 Å². The number of phenolic OH excluding ortho intramolecular Hbond substituents is 2. The highest BCUT2D eigenvalue weighted by molar-refractivity contribution is 5.76. The first-order chi connectivity index (χ1) is 14.3. The van der Waals surface area contributed by atoms with E-state index in [9.17, 15) is 15.0 Å². The number of likely N-dealkylation sites (tertiary alicyclic amines) is 1. The number of nitrogens with zero attached hydrogens (tertiary/aromatic N) is 2. The fraction of sp³-hybridized carbons (Fsp3) is 0.640. The average molecular weight is 415 g/mol. The summed E-state index contributed by atoms with van der Waals surface area (Å²) in [4.78, 5) is 16.4. The number of amides is 2. The van der Waals surface area contributed by atoms with E-state index >= 15 is 0 Å². The molecule has 1 aliphatic carbocycles. The number of unbranched alkanes of at least 4 members (excludes halogenated alkanes) is 2. The Morgan fingerprint density at radius 2 is 2.00 bits per heavy atom. The highest BCUT2D eigenvalue weighted by atomic mass is 16.3. The summed E-state index contributed by atoms with van der Waals surface area (Å²) >= 11 is 0. The van der Waals surface area contributed by atoms with Crippen molar-refractivity contribution in [3.05, 3.63) is 34.4 Å². The van der Waals surface area contributed by atoms with Gasteiger partial charge in [-0.25, -0.2) is 4.79 Å². The molecule has 0 saturated carbocycles. The number of phenols is 2. The molecule has 5 nitrogen and oxygen atoms in total. The molecule has 0 aromatic heterocycles. The number of urea groups is 1. The number of carbonyl (C=O) groups is 1. The van der Waals surface area contributed by atoms with Crippen LogP contribution in [-0.4, -0.2) is 46.2 Å². The lowest BCUT2D eigenvalue weighted by molar-refractivity contribution is 0.123. The van der Waals surface area contributed by atoms with Crippen molar-refractivity contribution >= 4 is 6.03 Å². The summed E-state index contributed by atoms with van der Waals surface area (Å²) in [6, 6.07) is 1.59. The first-order valence-corrected chi connectivity index (χ1v) is 11.6. The average Bonchev–Trinajstić information content (AvgIpc) is 2.65. The molecule has 0 radical (unpaired) electrons. The Bertz CT molecular complexity index is 798. The molecule has 2 unspecified atom stereocenters. The van der Waals surface area contributed by atoms with Gasteiger partial charge in [0, 0.05) is 37.2 Å². The molecule has 30 heavy (non-hydrogen) atoms. The van der Waals surface area contributed by atoms with Crippen LogP contribution < -0.4 is 0 Å². The second-order valence-corrected chi connectivity index (χ2v) is 9.11. The van der Waals surface area contributed by atoms with Crippen molar-refractivity contribution in [1.82, 2.24) is 9.80 Å². The number of hydrogen-bond donors (Lipinski definition) is 2. The van der Waals surface area contributed by atoms with Gasteiger partial charge in [0.15, 0.2) is 0 Å². The minimum atomic E-state index is -0.261. The van der Waals surface area contributed by atoms with Crippen LogP contribution in [-0.2, 0) is 6.42 Å². The number of aryl methyl sites for hydroxylation is 1. The molecule has 1 aromatic rings. The number of carbonyl (C=O) groups excluding carboxylic acids is 1. The molecule has 5 heteroatoms. The normalized spacial score (nSPS) is 19.8. The van der Waals surface area contributed by atoms with Gasteiger partial charge in [0.1, 0.15) is 11.5 Å². The van der Waals surface area contributed by atoms with Gasteiger partial charge < -0.3 is 20.0 Å².